The number of hydrogen-bond donors (Lipinski definition) is 1. The minimum atomic E-state index is -0.415. The molecule has 1 aliphatic carbocycles. The summed E-state index contributed by atoms with van der Waals surface area (Å²) < 4.78 is 5.49. The van der Waals surface area contributed by atoms with Crippen LogP contribution in [0.3, 0.4) is 0 Å². The predicted molar refractivity (Wildman–Crippen MR) is 70.1 cm³/mol. The monoisotopic (exact) mass is 250 g/mol. The third kappa shape index (κ3) is 2.91. The molecule has 0 aliphatic heterocycles. The molecule has 1 aromatic rings. The van der Waals surface area contributed by atoms with Crippen molar-refractivity contribution in [3.63, 3.8) is 0 Å². The van der Waals surface area contributed by atoms with Gasteiger partial charge in [0.25, 0.3) is 0 Å². The molecule has 5 heteroatoms. The maximum atomic E-state index is 10.9. The summed E-state index contributed by atoms with van der Waals surface area (Å²) in [5.74, 6) is 1.00. The Hall–Kier alpha value is -1.78. The standard InChI is InChI=1S/C13H18N2O3/c1-8(2)18-13-7-10(14-11-6-9(11)3)4-5-12(13)15(16)17/h4-5,7-9,11,14H,6H2,1-3H3. The first-order valence-corrected chi connectivity index (χ1v) is 6.19. The molecule has 0 saturated heterocycles. The SMILES string of the molecule is CC(C)Oc1cc(NC2CC2C)ccc1[N+](=O)[O-]. The smallest absolute Gasteiger partial charge is 0.311 e. The molecule has 1 aliphatic rings. The topological polar surface area (TPSA) is 64.4 Å². The zero-order chi connectivity index (χ0) is 13.3. The van der Waals surface area contributed by atoms with Gasteiger partial charge < -0.3 is 10.1 Å². The van der Waals surface area contributed by atoms with Crippen LogP contribution in [0, 0.1) is 16.0 Å². The molecular formula is C13H18N2O3. The molecule has 1 N–H and O–H groups in total. The van der Waals surface area contributed by atoms with Crippen molar-refractivity contribution in [3.8, 4) is 5.75 Å². The maximum Gasteiger partial charge on any atom is 0.311 e. The van der Waals surface area contributed by atoms with Gasteiger partial charge in [-0.25, -0.2) is 0 Å². The van der Waals surface area contributed by atoms with Gasteiger partial charge in [-0.3, -0.25) is 10.1 Å². The van der Waals surface area contributed by atoms with Crippen LogP contribution in [-0.2, 0) is 0 Å². The van der Waals surface area contributed by atoms with Crippen LogP contribution in [0.4, 0.5) is 11.4 Å². The fourth-order valence-electron chi connectivity index (χ4n) is 1.84. The van der Waals surface area contributed by atoms with E-state index in [0.29, 0.717) is 17.7 Å². The molecule has 2 atom stereocenters. The molecule has 0 radical (unpaired) electrons. The number of benzene rings is 1. The molecule has 1 aromatic carbocycles. The van der Waals surface area contributed by atoms with Gasteiger partial charge in [-0.05, 0) is 32.3 Å². The highest BCUT2D eigenvalue weighted by molar-refractivity contribution is 5.58. The van der Waals surface area contributed by atoms with Gasteiger partial charge in [0, 0.05) is 23.9 Å². The van der Waals surface area contributed by atoms with Gasteiger partial charge in [0.2, 0.25) is 0 Å². The van der Waals surface area contributed by atoms with E-state index in [1.165, 1.54) is 6.07 Å². The van der Waals surface area contributed by atoms with Gasteiger partial charge in [0.05, 0.1) is 11.0 Å². The van der Waals surface area contributed by atoms with Gasteiger partial charge in [-0.1, -0.05) is 6.92 Å². The number of nitro benzene ring substituents is 1. The van der Waals surface area contributed by atoms with Crippen LogP contribution in [0.1, 0.15) is 27.2 Å². The molecule has 5 nitrogen and oxygen atoms in total. The lowest BCUT2D eigenvalue weighted by Gasteiger charge is -2.12. The van der Waals surface area contributed by atoms with Crippen molar-refractivity contribution in [1.29, 1.82) is 0 Å². The van der Waals surface area contributed by atoms with E-state index in [4.69, 9.17) is 4.74 Å². The lowest BCUT2D eigenvalue weighted by molar-refractivity contribution is -0.386. The summed E-state index contributed by atoms with van der Waals surface area (Å²) in [5.41, 5.74) is 0.892. The molecular weight excluding hydrogens is 232 g/mol. The zero-order valence-corrected chi connectivity index (χ0v) is 10.8. The highest BCUT2D eigenvalue weighted by Gasteiger charge is 2.32. The summed E-state index contributed by atoms with van der Waals surface area (Å²) in [7, 11) is 0. The lowest BCUT2D eigenvalue weighted by Crippen LogP contribution is -2.09. The normalized spacial score (nSPS) is 21.8. The third-order valence-electron chi connectivity index (χ3n) is 2.98. The Morgan fingerprint density at radius 2 is 2.17 bits per heavy atom. The third-order valence-corrected chi connectivity index (χ3v) is 2.98. The van der Waals surface area contributed by atoms with Crippen LogP contribution in [-0.4, -0.2) is 17.1 Å². The summed E-state index contributed by atoms with van der Waals surface area (Å²) in [4.78, 5) is 10.5. The molecule has 2 unspecified atom stereocenters. The van der Waals surface area contributed by atoms with Gasteiger partial charge in [-0.2, -0.15) is 0 Å². The average Bonchev–Trinajstić information content (AvgIpc) is 2.93. The molecule has 0 amide bonds. The summed E-state index contributed by atoms with van der Waals surface area (Å²) in [5, 5.41) is 14.2. The summed E-state index contributed by atoms with van der Waals surface area (Å²) in [6.07, 6.45) is 1.07. The Bertz CT molecular complexity index is 460. The van der Waals surface area contributed by atoms with Crippen LogP contribution < -0.4 is 10.1 Å². The quantitative estimate of drug-likeness (QED) is 0.643. The second-order valence-electron chi connectivity index (χ2n) is 5.07. The minimum Gasteiger partial charge on any atom is -0.484 e. The number of hydrogen-bond acceptors (Lipinski definition) is 4. The molecule has 1 fully saturated rings. The van der Waals surface area contributed by atoms with Crippen LogP contribution >= 0.6 is 0 Å². The maximum absolute atomic E-state index is 10.9. The van der Waals surface area contributed by atoms with Crippen LogP contribution in [0.15, 0.2) is 18.2 Å². The van der Waals surface area contributed by atoms with Gasteiger partial charge in [0.15, 0.2) is 5.75 Å². The number of nitrogens with one attached hydrogen (secondary N) is 1. The van der Waals surface area contributed by atoms with E-state index in [9.17, 15) is 10.1 Å². The Morgan fingerprint density at radius 1 is 1.50 bits per heavy atom. The molecule has 98 valence electrons. The van der Waals surface area contributed by atoms with Crippen molar-refractivity contribution in [3.05, 3.63) is 28.3 Å². The molecule has 0 heterocycles. The largest absolute Gasteiger partial charge is 0.484 e. The fraction of sp³-hybridized carbons (Fsp3) is 0.538. The van der Waals surface area contributed by atoms with Crippen molar-refractivity contribution in [2.24, 2.45) is 5.92 Å². The van der Waals surface area contributed by atoms with Crippen LogP contribution in [0.25, 0.3) is 0 Å². The van der Waals surface area contributed by atoms with Crippen molar-refractivity contribution in [2.45, 2.75) is 39.3 Å². The second-order valence-corrected chi connectivity index (χ2v) is 5.07. The predicted octanol–water partition coefficient (Wildman–Crippen LogP) is 3.20. The van der Waals surface area contributed by atoms with Gasteiger partial charge in [0.1, 0.15) is 0 Å². The molecule has 0 spiro atoms. The molecule has 0 aromatic heterocycles. The van der Waals surface area contributed by atoms with Crippen LogP contribution in [0.2, 0.25) is 0 Å². The Morgan fingerprint density at radius 3 is 2.67 bits per heavy atom. The van der Waals surface area contributed by atoms with Gasteiger partial charge >= 0.3 is 5.69 Å². The van der Waals surface area contributed by atoms with Crippen molar-refractivity contribution >= 4 is 11.4 Å². The van der Waals surface area contributed by atoms with E-state index in [-0.39, 0.29) is 11.8 Å². The summed E-state index contributed by atoms with van der Waals surface area (Å²) in [6, 6.07) is 5.42. The number of nitro groups is 1. The first kappa shape index (κ1) is 12.7. The van der Waals surface area contributed by atoms with Crippen molar-refractivity contribution < 1.29 is 9.66 Å². The summed E-state index contributed by atoms with van der Waals surface area (Å²) >= 11 is 0. The van der Waals surface area contributed by atoms with E-state index < -0.39 is 4.92 Å². The molecule has 1 saturated carbocycles. The van der Waals surface area contributed by atoms with E-state index in [0.717, 1.165) is 12.1 Å². The van der Waals surface area contributed by atoms with E-state index in [1.54, 1.807) is 12.1 Å². The van der Waals surface area contributed by atoms with Gasteiger partial charge in [-0.15, -0.1) is 0 Å². The average molecular weight is 250 g/mol. The van der Waals surface area contributed by atoms with Crippen molar-refractivity contribution in [1.82, 2.24) is 0 Å². The van der Waals surface area contributed by atoms with E-state index in [2.05, 4.69) is 12.2 Å². The zero-order valence-electron chi connectivity index (χ0n) is 10.8. The number of anilines is 1. The van der Waals surface area contributed by atoms with E-state index >= 15 is 0 Å². The summed E-state index contributed by atoms with van der Waals surface area (Å²) in [6.45, 7) is 5.88. The Balaban J connectivity index is 2.20. The van der Waals surface area contributed by atoms with Crippen LogP contribution in [0.5, 0.6) is 5.75 Å². The lowest BCUT2D eigenvalue weighted by atomic mass is 10.2. The minimum absolute atomic E-state index is 0.0121. The van der Waals surface area contributed by atoms with Crippen molar-refractivity contribution in [2.75, 3.05) is 5.32 Å². The number of ether oxygens (including phenoxy) is 1. The fourth-order valence-corrected chi connectivity index (χ4v) is 1.84. The molecule has 18 heavy (non-hydrogen) atoms. The Kier molecular flexibility index (Phi) is 3.41. The second kappa shape index (κ2) is 4.84. The Labute approximate surface area is 106 Å². The number of rotatable bonds is 5. The molecule has 0 bridgehead atoms. The first-order chi connectivity index (χ1) is 8.47. The highest BCUT2D eigenvalue weighted by Crippen LogP contribution is 2.36. The van der Waals surface area contributed by atoms with E-state index in [1.807, 2.05) is 13.8 Å². The highest BCUT2D eigenvalue weighted by atomic mass is 16.6. The number of nitrogens with zero attached hydrogens (tertiary/aromatic N) is 1. The molecule has 2 rings (SSSR count). The first-order valence-electron chi connectivity index (χ1n) is 6.19.